The van der Waals surface area contributed by atoms with Crippen molar-refractivity contribution < 1.29 is 0 Å². The van der Waals surface area contributed by atoms with Crippen LogP contribution in [0.15, 0.2) is 16.8 Å². The summed E-state index contributed by atoms with van der Waals surface area (Å²) >= 11 is 6.70. The zero-order valence-corrected chi connectivity index (χ0v) is 8.49. The highest BCUT2D eigenvalue weighted by Crippen LogP contribution is 2.19. The van der Waals surface area contributed by atoms with E-state index in [1.165, 1.54) is 0 Å². The molecule has 0 spiro atoms. The Bertz CT molecular complexity index is 438. The van der Waals surface area contributed by atoms with Crippen LogP contribution >= 0.6 is 23.6 Å². The van der Waals surface area contributed by atoms with Gasteiger partial charge in [-0.3, -0.25) is 5.10 Å². The van der Waals surface area contributed by atoms with Crippen LogP contribution in [0.4, 0.5) is 0 Å². The van der Waals surface area contributed by atoms with Gasteiger partial charge in [0.25, 0.3) is 0 Å². The summed E-state index contributed by atoms with van der Waals surface area (Å²) in [4.78, 5) is 0. The van der Waals surface area contributed by atoms with E-state index in [4.69, 9.17) is 12.2 Å². The van der Waals surface area contributed by atoms with E-state index in [2.05, 4.69) is 17.1 Å². The summed E-state index contributed by atoms with van der Waals surface area (Å²) in [7, 11) is 0. The molecule has 2 rings (SSSR count). The molecular formula is C8H8N3S2. The predicted molar refractivity (Wildman–Crippen MR) is 56.1 cm³/mol. The van der Waals surface area contributed by atoms with Gasteiger partial charge in [0.05, 0.1) is 0 Å². The Morgan fingerprint density at radius 3 is 3.15 bits per heavy atom. The van der Waals surface area contributed by atoms with Crippen LogP contribution in [0.3, 0.4) is 0 Å². The molecule has 5 heteroatoms. The molecule has 2 heterocycles. The van der Waals surface area contributed by atoms with Gasteiger partial charge >= 0.3 is 0 Å². The van der Waals surface area contributed by atoms with E-state index in [0.29, 0.717) is 11.3 Å². The molecule has 13 heavy (non-hydrogen) atoms. The van der Waals surface area contributed by atoms with E-state index in [9.17, 15) is 0 Å². The smallest absolute Gasteiger partial charge is 0.195 e. The Kier molecular flexibility index (Phi) is 2.28. The summed E-state index contributed by atoms with van der Waals surface area (Å²) in [5.74, 6) is 0.862. The molecule has 0 aliphatic rings. The molecule has 0 saturated carbocycles. The first-order valence-electron chi connectivity index (χ1n) is 3.80. The van der Waals surface area contributed by atoms with Gasteiger partial charge in [-0.05, 0) is 30.6 Å². The lowest BCUT2D eigenvalue weighted by atomic mass is 10.3. The van der Waals surface area contributed by atoms with Crippen LogP contribution in [0, 0.1) is 11.7 Å². The minimum absolute atomic E-state index is 0.598. The lowest BCUT2D eigenvalue weighted by Gasteiger charge is -1.99. The average Bonchev–Trinajstić information content (AvgIpc) is 2.71. The maximum atomic E-state index is 5.05. The van der Waals surface area contributed by atoms with Gasteiger partial charge in [-0.1, -0.05) is 0 Å². The quantitative estimate of drug-likeness (QED) is 0.773. The summed E-state index contributed by atoms with van der Waals surface area (Å²) in [6.07, 6.45) is 0. The first kappa shape index (κ1) is 8.65. The van der Waals surface area contributed by atoms with Gasteiger partial charge in [0.1, 0.15) is 0 Å². The molecule has 0 aliphatic carbocycles. The lowest BCUT2D eigenvalue weighted by Crippen LogP contribution is -1.96. The van der Waals surface area contributed by atoms with Crippen molar-refractivity contribution >= 4 is 23.6 Å². The number of hydrogen-bond acceptors (Lipinski definition) is 3. The van der Waals surface area contributed by atoms with E-state index >= 15 is 0 Å². The van der Waals surface area contributed by atoms with Gasteiger partial charge in [-0.25, -0.2) is 0 Å². The van der Waals surface area contributed by atoms with E-state index in [-0.39, 0.29) is 0 Å². The fraction of sp³-hybridized carbons (Fsp3) is 0.125. The molecular weight excluding hydrogens is 202 g/mol. The van der Waals surface area contributed by atoms with E-state index in [1.54, 1.807) is 11.3 Å². The standard InChI is InChI=1S/C8H8N3S2/c1-2-11-7(9-10-8(11)12)6-3-4-13-5-6/h3-5H,1-2H2,(H,10,12). The topological polar surface area (TPSA) is 33.6 Å². The van der Waals surface area contributed by atoms with Gasteiger partial charge in [-0.15, -0.1) is 0 Å². The Hall–Kier alpha value is -0.940. The monoisotopic (exact) mass is 210 g/mol. The maximum Gasteiger partial charge on any atom is 0.195 e. The molecule has 2 aromatic rings. The minimum atomic E-state index is 0.598. The normalized spacial score (nSPS) is 10.5. The highest BCUT2D eigenvalue weighted by atomic mass is 32.1. The lowest BCUT2D eigenvalue weighted by molar-refractivity contribution is 0.810. The van der Waals surface area contributed by atoms with Crippen molar-refractivity contribution in [3.05, 3.63) is 28.5 Å². The summed E-state index contributed by atoms with van der Waals surface area (Å²) in [5.41, 5.74) is 1.08. The third-order valence-corrected chi connectivity index (χ3v) is 2.76. The second kappa shape index (κ2) is 3.43. The number of thiophene rings is 1. The van der Waals surface area contributed by atoms with Gasteiger partial charge in [0.2, 0.25) is 0 Å². The highest BCUT2D eigenvalue weighted by Gasteiger charge is 2.06. The molecule has 0 saturated heterocycles. The van der Waals surface area contributed by atoms with Crippen molar-refractivity contribution in [1.82, 2.24) is 14.8 Å². The van der Waals surface area contributed by atoms with Crippen molar-refractivity contribution in [2.75, 3.05) is 0 Å². The molecule has 0 amide bonds. The third-order valence-electron chi connectivity index (χ3n) is 1.76. The molecule has 1 radical (unpaired) electrons. The number of nitrogens with one attached hydrogen (secondary N) is 1. The Morgan fingerprint density at radius 2 is 2.54 bits per heavy atom. The molecule has 0 fully saturated rings. The van der Waals surface area contributed by atoms with Crippen LogP contribution in [0.25, 0.3) is 11.4 Å². The molecule has 0 aliphatic heterocycles. The molecule has 0 aromatic carbocycles. The fourth-order valence-electron chi connectivity index (χ4n) is 1.14. The number of H-pyrrole nitrogens is 1. The Morgan fingerprint density at radius 1 is 1.69 bits per heavy atom. The van der Waals surface area contributed by atoms with Crippen molar-refractivity contribution in [2.24, 2.45) is 0 Å². The second-order valence-electron chi connectivity index (χ2n) is 2.52. The molecule has 2 aromatic heterocycles. The van der Waals surface area contributed by atoms with Crippen molar-refractivity contribution in [3.63, 3.8) is 0 Å². The number of nitrogens with zero attached hydrogens (tertiary/aromatic N) is 2. The van der Waals surface area contributed by atoms with Crippen LogP contribution in [0.5, 0.6) is 0 Å². The average molecular weight is 210 g/mol. The highest BCUT2D eigenvalue weighted by molar-refractivity contribution is 7.71. The Labute approximate surface area is 85.0 Å². The third kappa shape index (κ3) is 1.45. The predicted octanol–water partition coefficient (Wildman–Crippen LogP) is 2.50. The number of rotatable bonds is 2. The van der Waals surface area contributed by atoms with E-state index < -0.39 is 0 Å². The van der Waals surface area contributed by atoms with Gasteiger partial charge in [0.15, 0.2) is 10.6 Å². The number of hydrogen-bond donors (Lipinski definition) is 1. The second-order valence-corrected chi connectivity index (χ2v) is 3.68. The van der Waals surface area contributed by atoms with Crippen molar-refractivity contribution in [3.8, 4) is 11.4 Å². The first-order valence-corrected chi connectivity index (χ1v) is 5.15. The molecule has 3 nitrogen and oxygen atoms in total. The van der Waals surface area contributed by atoms with Gasteiger partial charge in [-0.2, -0.15) is 16.4 Å². The molecule has 67 valence electrons. The largest absolute Gasteiger partial charge is 0.300 e. The van der Waals surface area contributed by atoms with Crippen molar-refractivity contribution in [1.29, 1.82) is 0 Å². The van der Waals surface area contributed by atoms with Gasteiger partial charge < -0.3 is 4.57 Å². The summed E-state index contributed by atoms with van der Waals surface area (Å²) in [6, 6.07) is 2.02. The summed E-state index contributed by atoms with van der Waals surface area (Å²) < 4.78 is 2.49. The van der Waals surface area contributed by atoms with Crippen LogP contribution in [-0.4, -0.2) is 14.8 Å². The maximum absolute atomic E-state index is 5.05. The van der Waals surface area contributed by atoms with E-state index in [0.717, 1.165) is 11.4 Å². The zero-order valence-electron chi connectivity index (χ0n) is 6.86. The van der Waals surface area contributed by atoms with Crippen LogP contribution < -0.4 is 0 Å². The first-order chi connectivity index (χ1) is 6.33. The molecule has 0 unspecified atom stereocenters. The summed E-state index contributed by atoms with van der Waals surface area (Å²) in [5, 5.41) is 11.0. The number of aromatic nitrogens is 3. The van der Waals surface area contributed by atoms with Crippen LogP contribution in [0.2, 0.25) is 0 Å². The van der Waals surface area contributed by atoms with Crippen LogP contribution in [-0.2, 0) is 6.54 Å². The van der Waals surface area contributed by atoms with Crippen molar-refractivity contribution in [2.45, 2.75) is 6.54 Å². The zero-order chi connectivity index (χ0) is 9.26. The molecule has 0 atom stereocenters. The minimum Gasteiger partial charge on any atom is -0.300 e. The van der Waals surface area contributed by atoms with Crippen LogP contribution in [0.1, 0.15) is 0 Å². The fourth-order valence-corrected chi connectivity index (χ4v) is 1.99. The molecule has 0 bridgehead atoms. The number of aromatic amines is 1. The SMILES string of the molecule is [CH2]Cn1c(-c2ccsc2)n[nH]c1=S. The Balaban J connectivity index is 2.58. The van der Waals surface area contributed by atoms with Gasteiger partial charge in [0, 0.05) is 17.5 Å². The summed E-state index contributed by atoms with van der Waals surface area (Å²) in [6.45, 7) is 4.40. The molecule has 1 N–H and O–H groups in total. The van der Waals surface area contributed by atoms with E-state index in [1.807, 2.05) is 21.4 Å².